The number of rotatable bonds is 4. The highest BCUT2D eigenvalue weighted by Crippen LogP contribution is 2.29. The van der Waals surface area contributed by atoms with Crippen LogP contribution in [0, 0.1) is 0 Å². The summed E-state index contributed by atoms with van der Waals surface area (Å²) in [5, 5.41) is 5.53. The molecule has 1 aromatic heterocycles. The number of nitrogens with zero attached hydrogens (tertiary/aromatic N) is 1. The number of hydrogen-bond acceptors (Lipinski definition) is 4. The summed E-state index contributed by atoms with van der Waals surface area (Å²) in [6, 6.07) is 6.65. The minimum atomic E-state index is -0.0592. The van der Waals surface area contributed by atoms with E-state index in [0.29, 0.717) is 5.13 Å². The summed E-state index contributed by atoms with van der Waals surface area (Å²) in [5.41, 5.74) is 5.03. The Morgan fingerprint density at radius 3 is 2.86 bits per heavy atom. The van der Waals surface area contributed by atoms with Crippen LogP contribution in [0.4, 0.5) is 5.13 Å². The van der Waals surface area contributed by atoms with Crippen molar-refractivity contribution in [2.45, 2.75) is 37.9 Å². The number of anilines is 1. The lowest BCUT2D eigenvalue weighted by Gasteiger charge is -2.16. The summed E-state index contributed by atoms with van der Waals surface area (Å²) < 4.78 is 0. The molecule has 1 unspecified atom stereocenters. The maximum atomic E-state index is 11.9. The van der Waals surface area contributed by atoms with Gasteiger partial charge < -0.3 is 5.32 Å². The van der Waals surface area contributed by atoms with Crippen molar-refractivity contribution >= 4 is 34.1 Å². The Kier molecular flexibility index (Phi) is 4.84. The van der Waals surface area contributed by atoms with E-state index >= 15 is 0 Å². The van der Waals surface area contributed by atoms with Crippen molar-refractivity contribution in [3.05, 3.63) is 34.7 Å². The molecule has 0 bridgehead atoms. The van der Waals surface area contributed by atoms with Crippen LogP contribution in [-0.4, -0.2) is 22.4 Å². The van der Waals surface area contributed by atoms with Gasteiger partial charge in [-0.25, -0.2) is 4.98 Å². The van der Waals surface area contributed by atoms with E-state index in [1.165, 1.54) is 59.9 Å². The molecule has 2 aromatic rings. The molecule has 0 fully saturated rings. The smallest absolute Gasteiger partial charge is 0.238 e. The van der Waals surface area contributed by atoms with Crippen molar-refractivity contribution in [3.63, 3.8) is 0 Å². The molecule has 1 amide bonds. The van der Waals surface area contributed by atoms with E-state index < -0.39 is 0 Å². The predicted octanol–water partition coefficient (Wildman–Crippen LogP) is 4.38. The lowest BCUT2D eigenvalue weighted by molar-refractivity contribution is -0.115. The number of aryl methyl sites for hydroxylation is 2. The first-order chi connectivity index (χ1) is 10.7. The normalized spacial score (nSPS) is 15.2. The number of thiazole rings is 1. The van der Waals surface area contributed by atoms with Gasteiger partial charge in [-0.3, -0.25) is 4.79 Å². The maximum absolute atomic E-state index is 11.9. The summed E-state index contributed by atoms with van der Waals surface area (Å²) in [4.78, 5) is 16.5. The van der Waals surface area contributed by atoms with Crippen LogP contribution in [0.25, 0.3) is 11.3 Å². The number of carbonyl (C=O) groups excluding carboxylic acids is 1. The first-order valence-corrected chi connectivity index (χ1v) is 9.75. The fraction of sp³-hybridized carbons (Fsp3) is 0.412. The maximum Gasteiger partial charge on any atom is 0.238 e. The lowest BCUT2D eigenvalue weighted by atomic mass is 9.90. The number of nitrogens with one attached hydrogen (secondary N) is 1. The van der Waals surface area contributed by atoms with Crippen LogP contribution in [0.5, 0.6) is 0 Å². The number of amides is 1. The van der Waals surface area contributed by atoms with E-state index in [1.807, 2.05) is 18.6 Å². The fourth-order valence-electron chi connectivity index (χ4n) is 2.67. The van der Waals surface area contributed by atoms with Crippen LogP contribution in [-0.2, 0) is 17.6 Å². The van der Waals surface area contributed by atoms with Gasteiger partial charge >= 0.3 is 0 Å². The molecule has 0 aliphatic heterocycles. The zero-order valence-electron chi connectivity index (χ0n) is 12.9. The molecular formula is C17H20N2OS2. The van der Waals surface area contributed by atoms with Crippen LogP contribution in [0.3, 0.4) is 0 Å². The Balaban J connectivity index is 1.77. The van der Waals surface area contributed by atoms with Crippen molar-refractivity contribution in [1.82, 2.24) is 4.98 Å². The van der Waals surface area contributed by atoms with Crippen LogP contribution in [0.2, 0.25) is 0 Å². The van der Waals surface area contributed by atoms with E-state index in [0.717, 1.165) is 11.3 Å². The van der Waals surface area contributed by atoms with Crippen molar-refractivity contribution in [2.75, 3.05) is 11.6 Å². The molecule has 116 valence electrons. The number of carbonyl (C=O) groups is 1. The molecule has 1 heterocycles. The first kappa shape index (κ1) is 15.6. The van der Waals surface area contributed by atoms with Crippen molar-refractivity contribution in [1.29, 1.82) is 0 Å². The molecular weight excluding hydrogens is 312 g/mol. The van der Waals surface area contributed by atoms with Gasteiger partial charge in [0, 0.05) is 10.9 Å². The highest BCUT2D eigenvalue weighted by molar-refractivity contribution is 7.99. The van der Waals surface area contributed by atoms with Crippen molar-refractivity contribution in [2.24, 2.45) is 0 Å². The average Bonchev–Trinajstić information content (AvgIpc) is 3.02. The molecule has 1 N–H and O–H groups in total. The van der Waals surface area contributed by atoms with Gasteiger partial charge in [-0.05, 0) is 56.1 Å². The van der Waals surface area contributed by atoms with Gasteiger partial charge in [0.1, 0.15) is 0 Å². The number of benzene rings is 1. The zero-order valence-corrected chi connectivity index (χ0v) is 14.5. The second-order valence-electron chi connectivity index (χ2n) is 5.60. The molecule has 5 heteroatoms. The summed E-state index contributed by atoms with van der Waals surface area (Å²) >= 11 is 3.02. The van der Waals surface area contributed by atoms with Crippen LogP contribution >= 0.6 is 23.1 Å². The van der Waals surface area contributed by atoms with Gasteiger partial charge in [0.25, 0.3) is 0 Å². The first-order valence-electron chi connectivity index (χ1n) is 7.58. The van der Waals surface area contributed by atoms with Crippen LogP contribution in [0.15, 0.2) is 23.6 Å². The number of thioether (sulfide) groups is 1. The monoisotopic (exact) mass is 332 g/mol. The third-order valence-electron chi connectivity index (χ3n) is 4.10. The SMILES string of the molecule is CSC(C)C(=O)Nc1nc(-c2ccc3c(c2)CCCC3)cs1. The molecule has 0 saturated carbocycles. The Labute approximate surface area is 139 Å². The molecule has 3 nitrogen and oxygen atoms in total. The fourth-order valence-corrected chi connectivity index (χ4v) is 3.67. The Morgan fingerprint density at radius 2 is 2.09 bits per heavy atom. The second kappa shape index (κ2) is 6.84. The van der Waals surface area contributed by atoms with Gasteiger partial charge in [-0.1, -0.05) is 12.1 Å². The zero-order chi connectivity index (χ0) is 15.5. The summed E-state index contributed by atoms with van der Waals surface area (Å²) in [6.07, 6.45) is 6.88. The number of hydrogen-bond donors (Lipinski definition) is 1. The third-order valence-corrected chi connectivity index (χ3v) is 5.78. The molecule has 0 spiro atoms. The lowest BCUT2D eigenvalue weighted by Crippen LogP contribution is -2.21. The quantitative estimate of drug-likeness (QED) is 0.903. The third kappa shape index (κ3) is 3.36. The van der Waals surface area contributed by atoms with Crippen LogP contribution < -0.4 is 5.32 Å². The van der Waals surface area contributed by atoms with Crippen molar-refractivity contribution < 1.29 is 4.79 Å². The molecule has 0 radical (unpaired) electrons. The van der Waals surface area contributed by atoms with E-state index in [1.54, 1.807) is 0 Å². The highest BCUT2D eigenvalue weighted by Gasteiger charge is 2.15. The molecule has 1 aliphatic carbocycles. The number of fused-ring (bicyclic) bond motifs is 1. The summed E-state index contributed by atoms with van der Waals surface area (Å²) in [6.45, 7) is 1.90. The Hall–Kier alpha value is -1.33. The standard InChI is InChI=1S/C17H20N2OS2/c1-11(21-2)16(20)19-17-18-15(10-22-17)14-8-7-12-5-3-4-6-13(12)9-14/h7-11H,3-6H2,1-2H3,(H,18,19,20). The van der Waals surface area contributed by atoms with Gasteiger partial charge in [0.15, 0.2) is 5.13 Å². The molecule has 1 aliphatic rings. The minimum Gasteiger partial charge on any atom is -0.301 e. The summed E-state index contributed by atoms with van der Waals surface area (Å²) in [7, 11) is 0. The van der Waals surface area contributed by atoms with E-state index in [-0.39, 0.29) is 11.2 Å². The predicted molar refractivity (Wildman–Crippen MR) is 95.8 cm³/mol. The summed E-state index contributed by atoms with van der Waals surface area (Å²) in [5.74, 6) is 0.0128. The average molecular weight is 332 g/mol. The van der Waals surface area contributed by atoms with Gasteiger partial charge in [-0.15, -0.1) is 11.3 Å². The highest BCUT2D eigenvalue weighted by atomic mass is 32.2. The van der Waals surface area contributed by atoms with E-state index in [4.69, 9.17) is 0 Å². The van der Waals surface area contributed by atoms with Crippen LogP contribution in [0.1, 0.15) is 30.9 Å². The molecule has 1 atom stereocenters. The molecule has 22 heavy (non-hydrogen) atoms. The topological polar surface area (TPSA) is 42.0 Å². The molecule has 0 saturated heterocycles. The minimum absolute atomic E-state index is 0.0128. The van der Waals surface area contributed by atoms with E-state index in [9.17, 15) is 4.79 Å². The largest absolute Gasteiger partial charge is 0.301 e. The van der Waals surface area contributed by atoms with E-state index in [2.05, 4.69) is 28.5 Å². The Morgan fingerprint density at radius 1 is 1.32 bits per heavy atom. The van der Waals surface area contributed by atoms with Gasteiger partial charge in [0.2, 0.25) is 5.91 Å². The van der Waals surface area contributed by atoms with Gasteiger partial charge in [0.05, 0.1) is 10.9 Å². The van der Waals surface area contributed by atoms with Gasteiger partial charge in [-0.2, -0.15) is 11.8 Å². The second-order valence-corrected chi connectivity index (χ2v) is 7.63. The number of aromatic nitrogens is 1. The molecule has 3 rings (SSSR count). The molecule has 1 aromatic carbocycles. The Bertz CT molecular complexity index is 681. The van der Waals surface area contributed by atoms with Crippen molar-refractivity contribution in [3.8, 4) is 11.3 Å².